The number of rotatable bonds is 7. The first kappa shape index (κ1) is 15.4. The van der Waals surface area contributed by atoms with Crippen LogP contribution < -0.4 is 5.32 Å². The van der Waals surface area contributed by atoms with Crippen LogP contribution in [0.1, 0.15) is 26.7 Å². The van der Waals surface area contributed by atoms with E-state index in [0.29, 0.717) is 12.3 Å². The normalized spacial score (nSPS) is 13.8. The second kappa shape index (κ2) is 6.85. The van der Waals surface area contributed by atoms with Crippen LogP contribution in [-0.4, -0.2) is 44.1 Å². The second-order valence-electron chi connectivity index (χ2n) is 4.46. The molecule has 1 amide bonds. The van der Waals surface area contributed by atoms with Crippen molar-refractivity contribution in [2.45, 2.75) is 32.7 Å². The van der Waals surface area contributed by atoms with Crippen molar-refractivity contribution in [2.24, 2.45) is 5.92 Å². The highest BCUT2D eigenvalue weighted by atomic mass is 32.2. The van der Waals surface area contributed by atoms with Crippen molar-refractivity contribution in [2.75, 3.05) is 18.6 Å². The fourth-order valence-electron chi connectivity index (χ4n) is 1.33. The van der Waals surface area contributed by atoms with E-state index < -0.39 is 9.84 Å². The molecule has 0 aliphatic heterocycles. The van der Waals surface area contributed by atoms with Gasteiger partial charge in [0.1, 0.15) is 9.84 Å². The van der Waals surface area contributed by atoms with Crippen LogP contribution in [0.5, 0.6) is 0 Å². The quantitative estimate of drug-likeness (QED) is 0.664. The third-order valence-corrected chi connectivity index (χ3v) is 2.99. The molecule has 0 spiro atoms. The SMILES string of the molecule is CC(C)CC(CO)NC(=O)CCS(C)(=O)=O. The van der Waals surface area contributed by atoms with E-state index in [1.807, 2.05) is 13.8 Å². The van der Waals surface area contributed by atoms with Gasteiger partial charge in [-0.1, -0.05) is 13.8 Å². The van der Waals surface area contributed by atoms with Crippen LogP contribution in [0.3, 0.4) is 0 Å². The number of amides is 1. The smallest absolute Gasteiger partial charge is 0.221 e. The number of sulfone groups is 1. The second-order valence-corrected chi connectivity index (χ2v) is 6.72. The highest BCUT2D eigenvalue weighted by Gasteiger charge is 2.14. The number of hydrogen-bond donors (Lipinski definition) is 2. The fourth-order valence-corrected chi connectivity index (χ4v) is 1.88. The summed E-state index contributed by atoms with van der Waals surface area (Å²) in [5.41, 5.74) is 0. The Morgan fingerprint density at radius 1 is 1.38 bits per heavy atom. The van der Waals surface area contributed by atoms with Gasteiger partial charge in [0.15, 0.2) is 0 Å². The van der Waals surface area contributed by atoms with Crippen LogP contribution in [0.2, 0.25) is 0 Å². The molecule has 0 aromatic rings. The third-order valence-electron chi connectivity index (χ3n) is 2.04. The number of carbonyl (C=O) groups is 1. The first-order chi connectivity index (χ1) is 7.24. The maximum atomic E-state index is 11.4. The molecule has 96 valence electrons. The molecule has 0 aromatic carbocycles. The van der Waals surface area contributed by atoms with Crippen LogP contribution in [-0.2, 0) is 14.6 Å². The molecule has 0 rings (SSSR count). The van der Waals surface area contributed by atoms with Gasteiger partial charge < -0.3 is 10.4 Å². The fraction of sp³-hybridized carbons (Fsp3) is 0.900. The molecule has 0 saturated heterocycles. The predicted molar refractivity (Wildman–Crippen MR) is 62.8 cm³/mol. The van der Waals surface area contributed by atoms with Crippen molar-refractivity contribution in [3.05, 3.63) is 0 Å². The van der Waals surface area contributed by atoms with E-state index in [0.717, 1.165) is 6.26 Å². The summed E-state index contributed by atoms with van der Waals surface area (Å²) in [5, 5.41) is 11.6. The van der Waals surface area contributed by atoms with Gasteiger partial charge >= 0.3 is 0 Å². The summed E-state index contributed by atoms with van der Waals surface area (Å²) < 4.78 is 21.7. The van der Waals surface area contributed by atoms with Gasteiger partial charge in [0.25, 0.3) is 0 Å². The summed E-state index contributed by atoms with van der Waals surface area (Å²) in [5.74, 6) is -0.115. The molecule has 0 fully saturated rings. The minimum absolute atomic E-state index is 0.0482. The maximum absolute atomic E-state index is 11.4. The van der Waals surface area contributed by atoms with Gasteiger partial charge in [-0.2, -0.15) is 0 Å². The standard InChI is InChI=1S/C10H21NO4S/c1-8(2)6-9(7-12)11-10(13)4-5-16(3,14)15/h8-9,12H,4-7H2,1-3H3,(H,11,13). The Morgan fingerprint density at radius 3 is 2.31 bits per heavy atom. The summed E-state index contributed by atoms with van der Waals surface area (Å²) in [6.45, 7) is 3.86. The van der Waals surface area contributed by atoms with Gasteiger partial charge in [0.05, 0.1) is 18.4 Å². The molecular weight excluding hydrogens is 230 g/mol. The predicted octanol–water partition coefficient (Wildman–Crippen LogP) is -0.0557. The van der Waals surface area contributed by atoms with E-state index in [4.69, 9.17) is 5.11 Å². The maximum Gasteiger partial charge on any atom is 0.221 e. The highest BCUT2D eigenvalue weighted by Crippen LogP contribution is 2.04. The molecule has 0 saturated carbocycles. The van der Waals surface area contributed by atoms with Gasteiger partial charge in [0, 0.05) is 12.7 Å². The monoisotopic (exact) mass is 251 g/mol. The van der Waals surface area contributed by atoms with E-state index in [9.17, 15) is 13.2 Å². The summed E-state index contributed by atoms with van der Waals surface area (Å²) in [4.78, 5) is 11.4. The zero-order chi connectivity index (χ0) is 12.8. The lowest BCUT2D eigenvalue weighted by Gasteiger charge is -2.18. The van der Waals surface area contributed by atoms with E-state index in [-0.39, 0.29) is 30.7 Å². The van der Waals surface area contributed by atoms with Crippen molar-refractivity contribution in [1.29, 1.82) is 0 Å². The molecule has 0 radical (unpaired) electrons. The van der Waals surface area contributed by atoms with Crippen molar-refractivity contribution in [3.8, 4) is 0 Å². The Labute approximate surface area is 97.2 Å². The van der Waals surface area contributed by atoms with Crippen LogP contribution in [0.25, 0.3) is 0 Å². The molecule has 6 heteroatoms. The van der Waals surface area contributed by atoms with Crippen molar-refractivity contribution < 1.29 is 18.3 Å². The molecule has 0 aliphatic carbocycles. The Kier molecular flexibility index (Phi) is 6.59. The number of hydrogen-bond acceptors (Lipinski definition) is 4. The highest BCUT2D eigenvalue weighted by molar-refractivity contribution is 7.90. The Morgan fingerprint density at radius 2 is 1.94 bits per heavy atom. The minimum Gasteiger partial charge on any atom is -0.394 e. The van der Waals surface area contributed by atoms with E-state index in [1.165, 1.54) is 0 Å². The summed E-state index contributed by atoms with van der Waals surface area (Å²) in [6, 6.07) is -0.285. The first-order valence-electron chi connectivity index (χ1n) is 5.32. The Hall–Kier alpha value is -0.620. The lowest BCUT2D eigenvalue weighted by Crippen LogP contribution is -2.39. The number of nitrogens with one attached hydrogen (secondary N) is 1. The largest absolute Gasteiger partial charge is 0.394 e. The molecule has 16 heavy (non-hydrogen) atoms. The van der Waals surface area contributed by atoms with Gasteiger partial charge in [-0.15, -0.1) is 0 Å². The number of aliphatic hydroxyl groups is 1. The zero-order valence-corrected chi connectivity index (χ0v) is 10.9. The van der Waals surface area contributed by atoms with E-state index in [1.54, 1.807) is 0 Å². The topological polar surface area (TPSA) is 83.5 Å². The van der Waals surface area contributed by atoms with Crippen molar-refractivity contribution in [3.63, 3.8) is 0 Å². The zero-order valence-electron chi connectivity index (χ0n) is 10.1. The molecule has 1 atom stereocenters. The summed E-state index contributed by atoms with van der Waals surface area (Å²) >= 11 is 0. The number of aliphatic hydroxyl groups excluding tert-OH is 1. The molecule has 1 unspecified atom stereocenters. The average Bonchev–Trinajstić information content (AvgIpc) is 2.12. The lowest BCUT2D eigenvalue weighted by atomic mass is 10.0. The molecule has 0 heterocycles. The molecule has 2 N–H and O–H groups in total. The van der Waals surface area contributed by atoms with Crippen molar-refractivity contribution >= 4 is 15.7 Å². The molecule has 0 aromatic heterocycles. The Bertz CT molecular complexity index is 311. The molecule has 0 bridgehead atoms. The third kappa shape index (κ3) is 8.67. The van der Waals surface area contributed by atoms with Crippen LogP contribution in [0, 0.1) is 5.92 Å². The van der Waals surface area contributed by atoms with Gasteiger partial charge in [-0.25, -0.2) is 8.42 Å². The number of carbonyl (C=O) groups excluding carboxylic acids is 1. The van der Waals surface area contributed by atoms with Gasteiger partial charge in [0.2, 0.25) is 5.91 Å². The van der Waals surface area contributed by atoms with Gasteiger partial charge in [-0.05, 0) is 12.3 Å². The summed E-state index contributed by atoms with van der Waals surface area (Å²) in [7, 11) is -3.11. The van der Waals surface area contributed by atoms with E-state index >= 15 is 0 Å². The average molecular weight is 251 g/mol. The minimum atomic E-state index is -3.11. The summed E-state index contributed by atoms with van der Waals surface area (Å²) in [6.07, 6.45) is 1.73. The lowest BCUT2D eigenvalue weighted by molar-refractivity contribution is -0.121. The molecular formula is C10H21NO4S. The first-order valence-corrected chi connectivity index (χ1v) is 7.38. The van der Waals surface area contributed by atoms with Crippen LogP contribution >= 0.6 is 0 Å². The van der Waals surface area contributed by atoms with Crippen LogP contribution in [0.15, 0.2) is 0 Å². The molecule has 5 nitrogen and oxygen atoms in total. The Balaban J connectivity index is 4.01. The molecule has 0 aliphatic rings. The van der Waals surface area contributed by atoms with Crippen LogP contribution in [0.4, 0.5) is 0 Å². The van der Waals surface area contributed by atoms with E-state index in [2.05, 4.69) is 5.32 Å². The van der Waals surface area contributed by atoms with Gasteiger partial charge in [-0.3, -0.25) is 4.79 Å². The van der Waals surface area contributed by atoms with Crippen molar-refractivity contribution in [1.82, 2.24) is 5.32 Å².